The molecule has 1 unspecified atom stereocenters. The van der Waals surface area contributed by atoms with Gasteiger partial charge in [0.1, 0.15) is 5.82 Å². The van der Waals surface area contributed by atoms with Crippen LogP contribution >= 0.6 is 12.4 Å². The molecular weight excluding hydrogens is 309 g/mol. The van der Waals surface area contributed by atoms with E-state index in [1.165, 1.54) is 24.3 Å². The predicted molar refractivity (Wildman–Crippen MR) is 84.6 cm³/mol. The average molecular weight is 330 g/mol. The number of rotatable bonds is 6. The van der Waals surface area contributed by atoms with Crippen LogP contribution in [0.4, 0.5) is 4.39 Å². The molecule has 3 N–H and O–H groups in total. The van der Waals surface area contributed by atoms with Crippen molar-refractivity contribution in [1.82, 2.24) is 16.0 Å². The topological polar surface area (TPSA) is 70.2 Å². The monoisotopic (exact) mass is 329 g/mol. The number of benzene rings is 1. The van der Waals surface area contributed by atoms with Crippen molar-refractivity contribution in [2.75, 3.05) is 19.6 Å². The molecule has 1 aliphatic heterocycles. The highest BCUT2D eigenvalue weighted by molar-refractivity contribution is 5.94. The van der Waals surface area contributed by atoms with Crippen molar-refractivity contribution in [1.29, 1.82) is 0 Å². The lowest BCUT2D eigenvalue weighted by Gasteiger charge is -2.11. The molecule has 5 nitrogen and oxygen atoms in total. The van der Waals surface area contributed by atoms with Crippen LogP contribution in [0.3, 0.4) is 0 Å². The van der Waals surface area contributed by atoms with E-state index in [1.807, 2.05) is 0 Å². The Morgan fingerprint density at radius 3 is 2.50 bits per heavy atom. The Bertz CT molecular complexity index is 490. The normalized spacial score (nSPS) is 16.7. The Kier molecular flexibility index (Phi) is 7.84. The summed E-state index contributed by atoms with van der Waals surface area (Å²) in [7, 11) is 0. The molecule has 0 bridgehead atoms. The van der Waals surface area contributed by atoms with Gasteiger partial charge in [-0.15, -0.1) is 12.4 Å². The number of carbonyl (C=O) groups excluding carboxylic acids is 2. The largest absolute Gasteiger partial charge is 0.354 e. The first kappa shape index (κ1) is 18.4. The highest BCUT2D eigenvalue weighted by Gasteiger charge is 2.17. The summed E-state index contributed by atoms with van der Waals surface area (Å²) >= 11 is 0. The van der Waals surface area contributed by atoms with Gasteiger partial charge in [0, 0.05) is 31.1 Å². The predicted octanol–water partition coefficient (Wildman–Crippen LogP) is 1.24. The lowest BCUT2D eigenvalue weighted by Crippen LogP contribution is -2.37. The summed E-state index contributed by atoms with van der Waals surface area (Å²) < 4.78 is 12.7. The van der Waals surface area contributed by atoms with Gasteiger partial charge in [0.05, 0.1) is 0 Å². The van der Waals surface area contributed by atoms with Gasteiger partial charge in [0.2, 0.25) is 5.91 Å². The fourth-order valence-corrected chi connectivity index (χ4v) is 2.31. The smallest absolute Gasteiger partial charge is 0.251 e. The van der Waals surface area contributed by atoms with Crippen LogP contribution in [0.5, 0.6) is 0 Å². The molecule has 1 heterocycles. The molecule has 7 heteroatoms. The van der Waals surface area contributed by atoms with Gasteiger partial charge >= 0.3 is 0 Å². The Morgan fingerprint density at radius 1 is 1.18 bits per heavy atom. The summed E-state index contributed by atoms with van der Waals surface area (Å²) in [5.74, 6) is -0.661. The molecular formula is C15H21ClFN3O2. The lowest BCUT2D eigenvalue weighted by atomic mass is 10.1. The molecule has 1 fully saturated rings. The van der Waals surface area contributed by atoms with E-state index in [0.717, 1.165) is 19.4 Å². The number of nitrogens with one attached hydrogen (secondary N) is 3. The van der Waals surface area contributed by atoms with Crippen LogP contribution in [-0.2, 0) is 4.79 Å². The zero-order valence-corrected chi connectivity index (χ0v) is 13.0. The molecule has 0 radical (unpaired) electrons. The summed E-state index contributed by atoms with van der Waals surface area (Å²) in [6, 6.07) is 5.61. The summed E-state index contributed by atoms with van der Waals surface area (Å²) in [4.78, 5) is 23.4. The molecule has 0 saturated carbocycles. The van der Waals surface area contributed by atoms with Gasteiger partial charge in [-0.1, -0.05) is 0 Å². The number of amides is 2. The second-order valence-corrected chi connectivity index (χ2v) is 5.11. The van der Waals surface area contributed by atoms with Crippen LogP contribution in [0.25, 0.3) is 0 Å². The van der Waals surface area contributed by atoms with Crippen molar-refractivity contribution in [3.05, 3.63) is 35.6 Å². The van der Waals surface area contributed by atoms with Crippen LogP contribution in [0.1, 0.15) is 29.6 Å². The Labute approximate surface area is 135 Å². The van der Waals surface area contributed by atoms with E-state index in [9.17, 15) is 14.0 Å². The van der Waals surface area contributed by atoms with Crippen molar-refractivity contribution >= 4 is 24.2 Å². The van der Waals surface area contributed by atoms with Crippen molar-refractivity contribution in [2.24, 2.45) is 0 Å². The summed E-state index contributed by atoms with van der Waals surface area (Å²) in [6.07, 6.45) is 2.63. The van der Waals surface area contributed by atoms with Gasteiger partial charge in [-0.05, 0) is 43.7 Å². The zero-order valence-electron chi connectivity index (χ0n) is 12.2. The molecule has 1 aliphatic rings. The molecule has 22 heavy (non-hydrogen) atoms. The van der Waals surface area contributed by atoms with Gasteiger partial charge in [0.25, 0.3) is 5.91 Å². The molecule has 2 rings (SSSR count). The third-order valence-corrected chi connectivity index (χ3v) is 3.43. The fourth-order valence-electron chi connectivity index (χ4n) is 2.31. The van der Waals surface area contributed by atoms with E-state index in [2.05, 4.69) is 16.0 Å². The summed E-state index contributed by atoms with van der Waals surface area (Å²) in [5, 5.41) is 8.71. The first-order valence-corrected chi connectivity index (χ1v) is 7.19. The molecule has 1 saturated heterocycles. The maximum atomic E-state index is 12.7. The van der Waals surface area contributed by atoms with Crippen molar-refractivity contribution in [2.45, 2.75) is 25.3 Å². The second kappa shape index (κ2) is 9.38. The molecule has 1 atom stereocenters. The molecule has 122 valence electrons. The fraction of sp³-hybridized carbons (Fsp3) is 0.467. The summed E-state index contributed by atoms with van der Waals surface area (Å²) in [5.41, 5.74) is 0.401. The summed E-state index contributed by atoms with van der Waals surface area (Å²) in [6.45, 7) is 1.71. The number of halogens is 2. The van der Waals surface area contributed by atoms with E-state index in [-0.39, 0.29) is 36.1 Å². The molecule has 1 aromatic carbocycles. The van der Waals surface area contributed by atoms with Gasteiger partial charge in [0.15, 0.2) is 0 Å². The van der Waals surface area contributed by atoms with E-state index < -0.39 is 0 Å². The third kappa shape index (κ3) is 5.99. The quantitative estimate of drug-likeness (QED) is 0.688. The van der Waals surface area contributed by atoms with E-state index >= 15 is 0 Å². The SMILES string of the molecule is Cl.O=C(CC1CCCN1)NCCNC(=O)c1ccc(F)cc1. The molecule has 0 aromatic heterocycles. The zero-order chi connectivity index (χ0) is 15.1. The van der Waals surface area contributed by atoms with Gasteiger partial charge in [-0.3, -0.25) is 9.59 Å². The van der Waals surface area contributed by atoms with Crippen LogP contribution < -0.4 is 16.0 Å². The number of hydrogen-bond donors (Lipinski definition) is 3. The van der Waals surface area contributed by atoms with Crippen LogP contribution in [0.15, 0.2) is 24.3 Å². The molecule has 2 amide bonds. The van der Waals surface area contributed by atoms with Crippen LogP contribution in [0, 0.1) is 5.82 Å². The van der Waals surface area contributed by atoms with Gasteiger partial charge in [-0.2, -0.15) is 0 Å². The third-order valence-electron chi connectivity index (χ3n) is 3.43. The number of carbonyl (C=O) groups is 2. The lowest BCUT2D eigenvalue weighted by molar-refractivity contribution is -0.121. The first-order chi connectivity index (χ1) is 10.1. The average Bonchev–Trinajstić information content (AvgIpc) is 2.97. The van der Waals surface area contributed by atoms with Gasteiger partial charge in [-0.25, -0.2) is 4.39 Å². The Hall–Kier alpha value is -1.66. The minimum atomic E-state index is -0.376. The van der Waals surface area contributed by atoms with Crippen molar-refractivity contribution in [3.63, 3.8) is 0 Å². The maximum absolute atomic E-state index is 12.7. The second-order valence-electron chi connectivity index (χ2n) is 5.11. The first-order valence-electron chi connectivity index (χ1n) is 7.19. The standard InChI is InChI=1S/C15H20FN3O2.ClH/c16-12-5-3-11(4-6-12)15(21)19-9-8-18-14(20)10-13-2-1-7-17-13;/h3-6,13,17H,1-2,7-10H2,(H,18,20)(H,19,21);1H. The van der Waals surface area contributed by atoms with E-state index in [4.69, 9.17) is 0 Å². The van der Waals surface area contributed by atoms with Crippen molar-refractivity contribution in [3.8, 4) is 0 Å². The van der Waals surface area contributed by atoms with Gasteiger partial charge < -0.3 is 16.0 Å². The van der Waals surface area contributed by atoms with E-state index in [1.54, 1.807) is 0 Å². The van der Waals surface area contributed by atoms with E-state index in [0.29, 0.717) is 25.1 Å². The van der Waals surface area contributed by atoms with Crippen molar-refractivity contribution < 1.29 is 14.0 Å². The Balaban J connectivity index is 0.00000242. The van der Waals surface area contributed by atoms with Crippen LogP contribution in [0.2, 0.25) is 0 Å². The molecule has 1 aromatic rings. The van der Waals surface area contributed by atoms with Crippen LogP contribution in [-0.4, -0.2) is 37.5 Å². The molecule has 0 spiro atoms. The number of hydrogen-bond acceptors (Lipinski definition) is 3. The molecule has 0 aliphatic carbocycles. The highest BCUT2D eigenvalue weighted by atomic mass is 35.5. The minimum Gasteiger partial charge on any atom is -0.354 e. The minimum absolute atomic E-state index is 0. The highest BCUT2D eigenvalue weighted by Crippen LogP contribution is 2.07. The maximum Gasteiger partial charge on any atom is 0.251 e. The Morgan fingerprint density at radius 2 is 1.86 bits per heavy atom.